The van der Waals surface area contributed by atoms with Crippen molar-refractivity contribution in [1.29, 1.82) is 5.26 Å². The molecule has 1 aliphatic carbocycles. The molecule has 0 aliphatic heterocycles. The summed E-state index contributed by atoms with van der Waals surface area (Å²) < 4.78 is 0. The molecule has 2 aromatic rings. The molecule has 1 aliphatic rings. The highest BCUT2D eigenvalue weighted by atomic mass is 35.5. The number of aromatic nitrogens is 1. The summed E-state index contributed by atoms with van der Waals surface area (Å²) in [7, 11) is 0. The van der Waals surface area contributed by atoms with E-state index in [9.17, 15) is 15.4 Å². The molecule has 1 unspecified atom stereocenters. The predicted molar refractivity (Wildman–Crippen MR) is 96.3 cm³/mol. The SMILES string of the molecule is CCC1CCc2nc(N)c(C#N)c(-c3ccc(Cl)c([N+](=O)[O-])c3)c2C1. The molecule has 128 valence electrons. The summed E-state index contributed by atoms with van der Waals surface area (Å²) in [4.78, 5) is 15.1. The molecule has 3 rings (SSSR count). The number of pyridine rings is 1. The summed E-state index contributed by atoms with van der Waals surface area (Å²) in [5.74, 6) is 0.675. The quantitative estimate of drug-likeness (QED) is 0.652. The van der Waals surface area contributed by atoms with E-state index in [4.69, 9.17) is 17.3 Å². The van der Waals surface area contributed by atoms with E-state index in [-0.39, 0.29) is 22.1 Å². The monoisotopic (exact) mass is 356 g/mol. The van der Waals surface area contributed by atoms with Crippen LogP contribution in [0.25, 0.3) is 11.1 Å². The van der Waals surface area contributed by atoms with Crippen LogP contribution in [0.4, 0.5) is 11.5 Å². The average molecular weight is 357 g/mol. The van der Waals surface area contributed by atoms with E-state index in [1.807, 2.05) is 0 Å². The molecule has 0 bridgehead atoms. The molecule has 1 aromatic heterocycles. The summed E-state index contributed by atoms with van der Waals surface area (Å²) in [5, 5.41) is 20.9. The summed E-state index contributed by atoms with van der Waals surface area (Å²) in [5.41, 5.74) is 9.17. The van der Waals surface area contributed by atoms with Gasteiger partial charge < -0.3 is 5.73 Å². The van der Waals surface area contributed by atoms with Crippen molar-refractivity contribution in [2.45, 2.75) is 32.6 Å². The van der Waals surface area contributed by atoms with Gasteiger partial charge in [-0.1, -0.05) is 31.0 Å². The third-order valence-electron chi connectivity index (χ3n) is 4.81. The van der Waals surface area contributed by atoms with Crippen molar-refractivity contribution in [1.82, 2.24) is 4.98 Å². The van der Waals surface area contributed by atoms with Crippen molar-refractivity contribution in [3.8, 4) is 17.2 Å². The number of nitrogens with two attached hydrogens (primary N) is 1. The molecule has 0 spiro atoms. The number of nitrogen functional groups attached to an aromatic ring is 1. The Hall–Kier alpha value is -2.65. The molecule has 0 amide bonds. The van der Waals surface area contributed by atoms with Gasteiger partial charge in [-0.05, 0) is 42.4 Å². The number of benzene rings is 1. The first-order chi connectivity index (χ1) is 12.0. The molecular formula is C18H17ClN4O2. The number of nitro benzene ring substituents is 1. The molecule has 0 saturated heterocycles. The first kappa shape index (κ1) is 17.2. The van der Waals surface area contributed by atoms with Gasteiger partial charge in [0.1, 0.15) is 22.5 Å². The van der Waals surface area contributed by atoms with Gasteiger partial charge in [-0.2, -0.15) is 5.26 Å². The first-order valence-corrected chi connectivity index (χ1v) is 8.49. The van der Waals surface area contributed by atoms with Crippen molar-refractivity contribution in [3.63, 3.8) is 0 Å². The molecule has 1 heterocycles. The molecule has 0 saturated carbocycles. The molecule has 0 radical (unpaired) electrons. The molecule has 7 heteroatoms. The fourth-order valence-corrected chi connectivity index (χ4v) is 3.63. The maximum Gasteiger partial charge on any atom is 0.288 e. The van der Waals surface area contributed by atoms with Gasteiger partial charge in [0.05, 0.1) is 4.92 Å². The normalized spacial score (nSPS) is 16.1. The third kappa shape index (κ3) is 3.03. The minimum atomic E-state index is -0.524. The molecule has 1 atom stereocenters. The third-order valence-corrected chi connectivity index (χ3v) is 5.13. The number of nitriles is 1. The number of hydrogen-bond donors (Lipinski definition) is 1. The number of fused-ring (bicyclic) bond motifs is 1. The lowest BCUT2D eigenvalue weighted by atomic mass is 9.80. The standard InChI is InChI=1S/C18H17ClN4O2/c1-2-10-3-6-15-12(7-10)17(13(9-20)18(21)22-15)11-4-5-14(19)16(8-11)23(24)25/h4-5,8,10H,2-3,6-7H2,1H3,(H2,21,22). The zero-order valence-electron chi connectivity index (χ0n) is 13.8. The van der Waals surface area contributed by atoms with Crippen molar-refractivity contribution in [2.75, 3.05) is 5.73 Å². The zero-order valence-corrected chi connectivity index (χ0v) is 14.5. The van der Waals surface area contributed by atoms with Gasteiger partial charge >= 0.3 is 0 Å². The van der Waals surface area contributed by atoms with Crippen molar-refractivity contribution in [2.24, 2.45) is 5.92 Å². The summed E-state index contributed by atoms with van der Waals surface area (Å²) in [6.07, 6.45) is 3.65. The van der Waals surface area contributed by atoms with Crippen LogP contribution in [0.5, 0.6) is 0 Å². The number of anilines is 1. The van der Waals surface area contributed by atoms with Crippen LogP contribution in [0, 0.1) is 27.4 Å². The fourth-order valence-electron chi connectivity index (χ4n) is 3.44. The topological polar surface area (TPSA) is 106 Å². The minimum Gasteiger partial charge on any atom is -0.383 e. The van der Waals surface area contributed by atoms with Gasteiger partial charge in [0.25, 0.3) is 5.69 Å². The van der Waals surface area contributed by atoms with E-state index < -0.39 is 4.92 Å². The van der Waals surface area contributed by atoms with E-state index in [1.54, 1.807) is 6.07 Å². The molecular weight excluding hydrogens is 340 g/mol. The van der Waals surface area contributed by atoms with Gasteiger partial charge in [0, 0.05) is 17.3 Å². The van der Waals surface area contributed by atoms with Crippen molar-refractivity contribution < 1.29 is 4.92 Å². The van der Waals surface area contributed by atoms with E-state index in [0.29, 0.717) is 17.0 Å². The number of halogens is 1. The van der Waals surface area contributed by atoms with Gasteiger partial charge in [-0.3, -0.25) is 10.1 Å². The van der Waals surface area contributed by atoms with Gasteiger partial charge in [-0.25, -0.2) is 4.98 Å². The van der Waals surface area contributed by atoms with Crippen LogP contribution in [0.3, 0.4) is 0 Å². The van der Waals surface area contributed by atoms with Crippen LogP contribution in [0.2, 0.25) is 5.02 Å². The highest BCUT2D eigenvalue weighted by Gasteiger charge is 2.27. The number of aryl methyl sites for hydroxylation is 1. The second kappa shape index (κ2) is 6.69. The van der Waals surface area contributed by atoms with Crippen LogP contribution in [0.1, 0.15) is 36.6 Å². The maximum atomic E-state index is 11.2. The number of hydrogen-bond acceptors (Lipinski definition) is 5. The van der Waals surface area contributed by atoms with Crippen molar-refractivity contribution in [3.05, 3.63) is 50.2 Å². The van der Waals surface area contributed by atoms with Crippen LogP contribution in [-0.4, -0.2) is 9.91 Å². The Labute approximate surface area is 150 Å². The van der Waals surface area contributed by atoms with E-state index in [1.165, 1.54) is 12.1 Å². The lowest BCUT2D eigenvalue weighted by Crippen LogP contribution is -2.18. The molecule has 6 nitrogen and oxygen atoms in total. The van der Waals surface area contributed by atoms with Crippen LogP contribution in [0.15, 0.2) is 18.2 Å². The maximum absolute atomic E-state index is 11.2. The number of rotatable bonds is 3. The Morgan fingerprint density at radius 1 is 1.52 bits per heavy atom. The first-order valence-electron chi connectivity index (χ1n) is 8.11. The minimum absolute atomic E-state index is 0.0644. The van der Waals surface area contributed by atoms with E-state index in [0.717, 1.165) is 36.9 Å². The van der Waals surface area contributed by atoms with Gasteiger partial charge in [0.15, 0.2) is 0 Å². The van der Waals surface area contributed by atoms with Gasteiger partial charge in [0.2, 0.25) is 0 Å². The Kier molecular flexibility index (Phi) is 4.60. The molecule has 25 heavy (non-hydrogen) atoms. The fraction of sp³-hybridized carbons (Fsp3) is 0.333. The molecule has 0 fully saturated rings. The highest BCUT2D eigenvalue weighted by molar-refractivity contribution is 6.32. The smallest absolute Gasteiger partial charge is 0.288 e. The Morgan fingerprint density at radius 2 is 2.28 bits per heavy atom. The van der Waals surface area contributed by atoms with Crippen LogP contribution in [-0.2, 0) is 12.8 Å². The zero-order chi connectivity index (χ0) is 18.1. The summed E-state index contributed by atoms with van der Waals surface area (Å²) >= 11 is 5.93. The number of nitrogens with zero attached hydrogens (tertiary/aromatic N) is 3. The second-order valence-electron chi connectivity index (χ2n) is 6.22. The van der Waals surface area contributed by atoms with Gasteiger partial charge in [-0.15, -0.1) is 0 Å². The lowest BCUT2D eigenvalue weighted by Gasteiger charge is -2.26. The Bertz CT molecular complexity index is 905. The Balaban J connectivity index is 2.28. The van der Waals surface area contributed by atoms with E-state index in [2.05, 4.69) is 18.0 Å². The van der Waals surface area contributed by atoms with Crippen LogP contribution >= 0.6 is 11.6 Å². The average Bonchev–Trinajstić information content (AvgIpc) is 2.60. The van der Waals surface area contributed by atoms with E-state index >= 15 is 0 Å². The lowest BCUT2D eigenvalue weighted by molar-refractivity contribution is -0.384. The molecule has 2 N–H and O–H groups in total. The second-order valence-corrected chi connectivity index (χ2v) is 6.63. The largest absolute Gasteiger partial charge is 0.383 e. The predicted octanol–water partition coefficient (Wildman–Crippen LogP) is 4.28. The highest BCUT2D eigenvalue weighted by Crippen LogP contribution is 2.40. The van der Waals surface area contributed by atoms with Crippen molar-refractivity contribution >= 4 is 23.1 Å². The molecule has 1 aromatic carbocycles. The summed E-state index contributed by atoms with van der Waals surface area (Å²) in [6.45, 7) is 2.14. The number of nitro groups is 1. The van der Waals surface area contributed by atoms with Crippen LogP contribution < -0.4 is 5.73 Å². The Morgan fingerprint density at radius 3 is 2.92 bits per heavy atom. The summed E-state index contributed by atoms with van der Waals surface area (Å²) in [6, 6.07) is 6.71.